The average Bonchev–Trinajstić information content (AvgIpc) is 2.78. The van der Waals surface area contributed by atoms with Gasteiger partial charge in [-0.1, -0.05) is 36.4 Å². The summed E-state index contributed by atoms with van der Waals surface area (Å²) in [7, 11) is 2.09. The molecule has 1 N–H and O–H groups in total. The Hall–Kier alpha value is -2.73. The quantitative estimate of drug-likeness (QED) is 0.636. The monoisotopic (exact) mass is 423 g/mol. The molecule has 1 aliphatic heterocycles. The van der Waals surface area contributed by atoms with Gasteiger partial charge in [0.1, 0.15) is 0 Å². The molecule has 1 fully saturated rings. The fraction of sp³-hybridized carbons (Fsp3) is 0.480. The number of rotatable bonds is 10. The Morgan fingerprint density at radius 3 is 2.58 bits per heavy atom. The van der Waals surface area contributed by atoms with E-state index in [0.29, 0.717) is 19.5 Å². The van der Waals surface area contributed by atoms with E-state index in [-0.39, 0.29) is 24.2 Å². The lowest BCUT2D eigenvalue weighted by Crippen LogP contribution is -2.45. The first-order valence-electron chi connectivity index (χ1n) is 11.1. The molecule has 1 aromatic heterocycles. The third kappa shape index (κ3) is 7.47. The summed E-state index contributed by atoms with van der Waals surface area (Å²) in [5.41, 5.74) is 2.10. The Labute approximate surface area is 184 Å². The number of nitrogens with zero attached hydrogens (tertiary/aromatic N) is 3. The number of benzene rings is 1. The van der Waals surface area contributed by atoms with Crippen molar-refractivity contribution in [2.75, 3.05) is 33.2 Å². The van der Waals surface area contributed by atoms with Crippen molar-refractivity contribution in [3.63, 3.8) is 0 Å². The van der Waals surface area contributed by atoms with Gasteiger partial charge in [-0.25, -0.2) is 0 Å². The highest BCUT2D eigenvalue weighted by atomic mass is 16.4. The third-order valence-corrected chi connectivity index (χ3v) is 6.24. The Morgan fingerprint density at radius 2 is 1.87 bits per heavy atom. The minimum atomic E-state index is -0.748. The maximum atomic E-state index is 12.8. The molecular weight excluding hydrogens is 390 g/mol. The maximum absolute atomic E-state index is 12.8. The summed E-state index contributed by atoms with van der Waals surface area (Å²) in [6.45, 7) is 3.09. The van der Waals surface area contributed by atoms with Crippen LogP contribution >= 0.6 is 0 Å². The lowest BCUT2D eigenvalue weighted by atomic mass is 9.81. The lowest BCUT2D eigenvalue weighted by Gasteiger charge is -2.39. The number of likely N-dealkylation sites (N-methyl/N-ethyl adjacent to an activating group) is 1. The van der Waals surface area contributed by atoms with E-state index in [2.05, 4.69) is 16.9 Å². The number of likely N-dealkylation sites (tertiary alicyclic amines) is 1. The molecule has 2 aromatic rings. The van der Waals surface area contributed by atoms with Crippen LogP contribution in [-0.2, 0) is 22.4 Å². The van der Waals surface area contributed by atoms with E-state index in [1.807, 2.05) is 59.6 Å². The number of pyridine rings is 1. The molecule has 1 aromatic carbocycles. The number of carboxylic acids is 1. The van der Waals surface area contributed by atoms with Gasteiger partial charge in [0, 0.05) is 44.4 Å². The van der Waals surface area contributed by atoms with Crippen LogP contribution in [0.3, 0.4) is 0 Å². The van der Waals surface area contributed by atoms with Crippen LogP contribution in [0.4, 0.5) is 0 Å². The van der Waals surface area contributed by atoms with E-state index in [0.717, 1.165) is 43.6 Å². The Bertz CT molecular complexity index is 828. The second kappa shape index (κ2) is 11.6. The lowest BCUT2D eigenvalue weighted by molar-refractivity contribution is -0.139. The highest BCUT2D eigenvalue weighted by Gasteiger charge is 2.32. The van der Waals surface area contributed by atoms with Crippen molar-refractivity contribution in [2.45, 2.75) is 32.1 Å². The molecular formula is C25H33N3O3. The molecule has 1 amide bonds. The van der Waals surface area contributed by atoms with Gasteiger partial charge >= 0.3 is 5.97 Å². The van der Waals surface area contributed by atoms with Gasteiger partial charge < -0.3 is 14.9 Å². The zero-order chi connectivity index (χ0) is 22.1. The number of hydrogen-bond acceptors (Lipinski definition) is 4. The molecule has 2 atom stereocenters. The van der Waals surface area contributed by atoms with E-state index < -0.39 is 5.97 Å². The molecule has 1 saturated heterocycles. The number of carbonyl (C=O) groups is 2. The molecule has 1 aliphatic rings. The van der Waals surface area contributed by atoms with Crippen molar-refractivity contribution in [2.24, 2.45) is 11.8 Å². The molecule has 3 rings (SSSR count). The molecule has 0 saturated carbocycles. The van der Waals surface area contributed by atoms with Crippen LogP contribution in [0.1, 0.15) is 30.5 Å². The first-order valence-corrected chi connectivity index (χ1v) is 11.1. The zero-order valence-corrected chi connectivity index (χ0v) is 18.3. The summed E-state index contributed by atoms with van der Waals surface area (Å²) in [4.78, 5) is 32.8. The smallest absolute Gasteiger partial charge is 0.303 e. The van der Waals surface area contributed by atoms with Crippen LogP contribution in [-0.4, -0.2) is 65.0 Å². The van der Waals surface area contributed by atoms with Crippen molar-refractivity contribution >= 4 is 11.9 Å². The minimum absolute atomic E-state index is 0.127. The summed E-state index contributed by atoms with van der Waals surface area (Å²) in [5.74, 6) is -0.277. The number of aliphatic carboxylic acids is 1. The SMILES string of the molecule is CN(CCc1ccccn1)CCC1CN(C(=O)Cc2ccccc2)CCC1CC(=O)O. The Balaban J connectivity index is 1.53. The van der Waals surface area contributed by atoms with Gasteiger partial charge in [-0.2, -0.15) is 0 Å². The summed E-state index contributed by atoms with van der Waals surface area (Å²) < 4.78 is 0. The Kier molecular flexibility index (Phi) is 8.59. The van der Waals surface area contributed by atoms with E-state index in [4.69, 9.17) is 0 Å². The highest BCUT2D eigenvalue weighted by molar-refractivity contribution is 5.79. The largest absolute Gasteiger partial charge is 0.481 e. The molecule has 6 heteroatoms. The number of aromatic nitrogens is 1. The first kappa shape index (κ1) is 22.9. The van der Waals surface area contributed by atoms with E-state index in [1.54, 1.807) is 0 Å². The summed E-state index contributed by atoms with van der Waals surface area (Å²) in [5, 5.41) is 9.34. The summed E-state index contributed by atoms with van der Waals surface area (Å²) >= 11 is 0. The van der Waals surface area contributed by atoms with E-state index in [1.165, 1.54) is 0 Å². The average molecular weight is 424 g/mol. The van der Waals surface area contributed by atoms with Crippen molar-refractivity contribution in [1.82, 2.24) is 14.8 Å². The number of amides is 1. The summed E-state index contributed by atoms with van der Waals surface area (Å²) in [6.07, 6.45) is 4.95. The second-order valence-corrected chi connectivity index (χ2v) is 8.57. The van der Waals surface area contributed by atoms with Crippen LogP contribution in [0.5, 0.6) is 0 Å². The normalized spacial score (nSPS) is 18.8. The minimum Gasteiger partial charge on any atom is -0.481 e. The van der Waals surface area contributed by atoms with Crippen molar-refractivity contribution in [3.05, 3.63) is 66.0 Å². The van der Waals surface area contributed by atoms with Gasteiger partial charge in [-0.05, 0) is 56.0 Å². The van der Waals surface area contributed by atoms with Gasteiger partial charge in [0.2, 0.25) is 5.91 Å². The van der Waals surface area contributed by atoms with Gasteiger partial charge in [0.05, 0.1) is 6.42 Å². The molecule has 0 aliphatic carbocycles. The van der Waals surface area contributed by atoms with Crippen molar-refractivity contribution < 1.29 is 14.7 Å². The predicted octanol–water partition coefficient (Wildman–Crippen LogP) is 3.13. The van der Waals surface area contributed by atoms with Gasteiger partial charge in [-0.15, -0.1) is 0 Å². The molecule has 6 nitrogen and oxygen atoms in total. The van der Waals surface area contributed by atoms with Crippen LogP contribution in [0.25, 0.3) is 0 Å². The van der Waals surface area contributed by atoms with Crippen LogP contribution in [0, 0.1) is 11.8 Å². The number of carboxylic acid groups (broad SMARTS) is 1. The number of piperidine rings is 1. The maximum Gasteiger partial charge on any atom is 0.303 e. The molecule has 2 heterocycles. The van der Waals surface area contributed by atoms with E-state index >= 15 is 0 Å². The summed E-state index contributed by atoms with van der Waals surface area (Å²) in [6, 6.07) is 15.8. The topological polar surface area (TPSA) is 73.7 Å². The zero-order valence-electron chi connectivity index (χ0n) is 18.3. The van der Waals surface area contributed by atoms with Gasteiger partial charge in [0.25, 0.3) is 0 Å². The van der Waals surface area contributed by atoms with Crippen LogP contribution in [0.2, 0.25) is 0 Å². The highest BCUT2D eigenvalue weighted by Crippen LogP contribution is 2.30. The fourth-order valence-corrected chi connectivity index (χ4v) is 4.36. The van der Waals surface area contributed by atoms with Gasteiger partial charge in [0.15, 0.2) is 0 Å². The molecule has 0 bridgehead atoms. The standard InChI is InChI=1S/C25H33N3O3/c1-27(15-12-23-9-5-6-13-26-23)14-10-22-19-28(16-11-21(22)18-25(30)31)24(29)17-20-7-3-2-4-8-20/h2-9,13,21-22H,10-12,14-19H2,1H3,(H,30,31). The molecule has 31 heavy (non-hydrogen) atoms. The molecule has 166 valence electrons. The molecule has 0 radical (unpaired) electrons. The van der Waals surface area contributed by atoms with E-state index in [9.17, 15) is 14.7 Å². The fourth-order valence-electron chi connectivity index (χ4n) is 4.36. The first-order chi connectivity index (χ1) is 15.0. The van der Waals surface area contributed by atoms with Crippen molar-refractivity contribution in [3.8, 4) is 0 Å². The molecule has 2 unspecified atom stereocenters. The second-order valence-electron chi connectivity index (χ2n) is 8.57. The number of hydrogen-bond donors (Lipinski definition) is 1. The van der Waals surface area contributed by atoms with Gasteiger partial charge in [-0.3, -0.25) is 14.6 Å². The third-order valence-electron chi connectivity index (χ3n) is 6.24. The van der Waals surface area contributed by atoms with Crippen LogP contribution < -0.4 is 0 Å². The molecule has 0 spiro atoms. The predicted molar refractivity (Wildman–Crippen MR) is 121 cm³/mol. The Morgan fingerprint density at radius 1 is 1.10 bits per heavy atom. The number of carbonyl (C=O) groups excluding carboxylic acids is 1. The van der Waals surface area contributed by atoms with Crippen molar-refractivity contribution in [1.29, 1.82) is 0 Å². The van der Waals surface area contributed by atoms with Crippen LogP contribution in [0.15, 0.2) is 54.7 Å².